The average molecular weight is 436 g/mol. The van der Waals surface area contributed by atoms with Crippen LogP contribution in [0.1, 0.15) is 19.4 Å². The molecular weight excluding hydrogens is 410 g/mol. The number of aromatic amines is 1. The largest absolute Gasteiger partial charge is 0.495 e. The number of H-pyrrole nitrogens is 1. The van der Waals surface area contributed by atoms with Gasteiger partial charge in [-0.05, 0) is 42.8 Å². The number of hydrogen-bond donors (Lipinski definition) is 3. The van der Waals surface area contributed by atoms with Crippen molar-refractivity contribution in [1.82, 2.24) is 15.0 Å². The average Bonchev–Trinajstić information content (AvgIpc) is 3.23. The second-order valence-corrected chi connectivity index (χ2v) is 9.41. The van der Waals surface area contributed by atoms with Crippen molar-refractivity contribution < 1.29 is 8.95 Å². The summed E-state index contributed by atoms with van der Waals surface area (Å²) in [5.41, 5.74) is 3.32. The Morgan fingerprint density at radius 1 is 1.03 bits per heavy atom. The van der Waals surface area contributed by atoms with Crippen LogP contribution < -0.4 is 15.4 Å². The van der Waals surface area contributed by atoms with Gasteiger partial charge in [0.25, 0.3) is 0 Å². The molecule has 0 bridgehead atoms. The lowest BCUT2D eigenvalue weighted by molar-refractivity contribution is 0.416. The number of hydrogen-bond acceptors (Lipinski definition) is 6. The lowest BCUT2D eigenvalue weighted by atomic mass is 10.2. The van der Waals surface area contributed by atoms with E-state index in [2.05, 4.69) is 20.6 Å². The summed E-state index contributed by atoms with van der Waals surface area (Å²) < 4.78 is 18.2. The highest BCUT2D eigenvalue weighted by Gasteiger charge is 2.16. The highest BCUT2D eigenvalue weighted by atomic mass is 32.2. The number of aromatic nitrogens is 3. The molecule has 2 aromatic carbocycles. The zero-order valence-corrected chi connectivity index (χ0v) is 18.7. The van der Waals surface area contributed by atoms with Gasteiger partial charge >= 0.3 is 0 Å². The normalized spacial score (nSPS) is 12.2. The lowest BCUT2D eigenvalue weighted by Gasteiger charge is -2.15. The fourth-order valence-electron chi connectivity index (χ4n) is 3.26. The number of para-hydroxylation sites is 1. The number of nitrogens with one attached hydrogen (secondary N) is 3. The van der Waals surface area contributed by atoms with Crippen molar-refractivity contribution in [3.8, 4) is 5.75 Å². The van der Waals surface area contributed by atoms with E-state index >= 15 is 0 Å². The van der Waals surface area contributed by atoms with Gasteiger partial charge in [-0.1, -0.05) is 32.0 Å². The van der Waals surface area contributed by atoms with Gasteiger partial charge < -0.3 is 20.4 Å². The van der Waals surface area contributed by atoms with Gasteiger partial charge in [-0.25, -0.2) is 0 Å². The third-order valence-corrected chi connectivity index (χ3v) is 6.45. The minimum atomic E-state index is -1.13. The van der Waals surface area contributed by atoms with Crippen molar-refractivity contribution in [2.24, 2.45) is 0 Å². The fraction of sp³-hybridized carbons (Fsp3) is 0.217. The van der Waals surface area contributed by atoms with Crippen LogP contribution in [0.25, 0.3) is 11.0 Å². The van der Waals surface area contributed by atoms with E-state index < -0.39 is 10.8 Å². The maximum atomic E-state index is 12.8. The standard InChI is InChI=1S/C23H25N5O2S/c1-14(2)31(29)20-8-6-5-7-17(20)25-22-16-11-12-24-21(16)27-23(28-22)26-18-13-15(3)9-10-19(18)30-4/h5-14H,1-4H3,(H3,24,25,26,27,28). The van der Waals surface area contributed by atoms with Gasteiger partial charge in [-0.2, -0.15) is 9.97 Å². The second-order valence-electron chi connectivity index (χ2n) is 7.43. The smallest absolute Gasteiger partial charge is 0.231 e. The molecule has 3 N–H and O–H groups in total. The monoisotopic (exact) mass is 435 g/mol. The molecule has 2 aromatic heterocycles. The van der Waals surface area contributed by atoms with Crippen LogP contribution in [0.4, 0.5) is 23.1 Å². The van der Waals surface area contributed by atoms with Crippen LogP contribution in [-0.4, -0.2) is 31.5 Å². The molecule has 0 spiro atoms. The third-order valence-electron chi connectivity index (χ3n) is 4.80. The van der Waals surface area contributed by atoms with E-state index in [0.29, 0.717) is 23.2 Å². The molecule has 160 valence electrons. The lowest BCUT2D eigenvalue weighted by Crippen LogP contribution is -2.09. The first-order valence-electron chi connectivity index (χ1n) is 9.99. The van der Waals surface area contributed by atoms with Crippen LogP contribution in [0.3, 0.4) is 0 Å². The Labute approximate surface area is 183 Å². The van der Waals surface area contributed by atoms with E-state index in [1.54, 1.807) is 7.11 Å². The van der Waals surface area contributed by atoms with Gasteiger partial charge in [0.15, 0.2) is 0 Å². The van der Waals surface area contributed by atoms with E-state index in [1.165, 1.54) is 0 Å². The molecule has 0 saturated heterocycles. The van der Waals surface area contributed by atoms with E-state index in [9.17, 15) is 4.21 Å². The molecule has 0 fully saturated rings. The predicted octanol–water partition coefficient (Wildman–Crippen LogP) is 5.28. The summed E-state index contributed by atoms with van der Waals surface area (Å²) in [5, 5.41) is 7.47. The quantitative estimate of drug-likeness (QED) is 0.366. The SMILES string of the molecule is COc1ccc(C)cc1Nc1nc(Nc2ccccc2S(=O)C(C)C)c2cc[nH]c2n1. The number of fused-ring (bicyclic) bond motifs is 1. The van der Waals surface area contributed by atoms with Crippen LogP contribution in [-0.2, 0) is 10.8 Å². The molecule has 4 aromatic rings. The molecule has 0 radical (unpaired) electrons. The Morgan fingerprint density at radius 3 is 2.61 bits per heavy atom. The molecule has 0 aliphatic rings. The van der Waals surface area contributed by atoms with Crippen LogP contribution in [0, 0.1) is 6.92 Å². The minimum Gasteiger partial charge on any atom is -0.495 e. The Hall–Kier alpha value is -3.39. The highest BCUT2D eigenvalue weighted by Crippen LogP contribution is 2.31. The van der Waals surface area contributed by atoms with Gasteiger partial charge in [0, 0.05) is 11.4 Å². The third kappa shape index (κ3) is 4.39. The first kappa shape index (κ1) is 20.9. The van der Waals surface area contributed by atoms with Crippen molar-refractivity contribution >= 4 is 45.0 Å². The van der Waals surface area contributed by atoms with E-state index in [4.69, 9.17) is 9.72 Å². The molecule has 0 saturated carbocycles. The molecule has 0 aliphatic heterocycles. The molecule has 8 heteroatoms. The van der Waals surface area contributed by atoms with E-state index in [1.807, 2.05) is 75.5 Å². The summed E-state index contributed by atoms with van der Waals surface area (Å²) in [6.45, 7) is 5.90. The molecule has 7 nitrogen and oxygen atoms in total. The fourth-order valence-corrected chi connectivity index (χ4v) is 4.32. The first-order chi connectivity index (χ1) is 15.0. The summed E-state index contributed by atoms with van der Waals surface area (Å²) in [7, 11) is 0.494. The van der Waals surface area contributed by atoms with Crippen molar-refractivity contribution in [3.05, 3.63) is 60.3 Å². The summed E-state index contributed by atoms with van der Waals surface area (Å²) in [6, 6.07) is 15.4. The molecule has 1 atom stereocenters. The van der Waals surface area contributed by atoms with Gasteiger partial charge in [0.1, 0.15) is 17.2 Å². The highest BCUT2D eigenvalue weighted by molar-refractivity contribution is 7.85. The molecule has 4 rings (SSSR count). The summed E-state index contributed by atoms with van der Waals surface area (Å²) in [6.07, 6.45) is 1.82. The summed E-state index contributed by atoms with van der Waals surface area (Å²) in [5.74, 6) is 1.74. The topological polar surface area (TPSA) is 91.9 Å². The molecule has 1 unspecified atom stereocenters. The van der Waals surface area contributed by atoms with Gasteiger partial charge in [-0.3, -0.25) is 4.21 Å². The zero-order valence-electron chi connectivity index (χ0n) is 17.9. The number of ether oxygens (including phenoxy) is 1. The van der Waals surface area contributed by atoms with Crippen molar-refractivity contribution in [1.29, 1.82) is 0 Å². The van der Waals surface area contributed by atoms with Crippen LogP contribution in [0.2, 0.25) is 0 Å². The van der Waals surface area contributed by atoms with Crippen molar-refractivity contribution in [3.63, 3.8) is 0 Å². The summed E-state index contributed by atoms with van der Waals surface area (Å²) >= 11 is 0. The van der Waals surface area contributed by atoms with Gasteiger partial charge in [0.05, 0.1) is 39.6 Å². The number of anilines is 4. The molecule has 31 heavy (non-hydrogen) atoms. The van der Waals surface area contributed by atoms with Gasteiger partial charge in [-0.15, -0.1) is 0 Å². The Bertz CT molecular complexity index is 1250. The predicted molar refractivity (Wildman–Crippen MR) is 126 cm³/mol. The van der Waals surface area contributed by atoms with Crippen molar-refractivity contribution in [2.45, 2.75) is 30.9 Å². The second kappa shape index (κ2) is 8.77. The molecule has 0 aliphatic carbocycles. The number of nitrogens with zero attached hydrogens (tertiary/aromatic N) is 2. The Kier molecular flexibility index (Phi) is 5.90. The van der Waals surface area contributed by atoms with E-state index in [0.717, 1.165) is 27.2 Å². The van der Waals surface area contributed by atoms with Gasteiger partial charge in [0.2, 0.25) is 5.95 Å². The van der Waals surface area contributed by atoms with Crippen LogP contribution >= 0.6 is 0 Å². The van der Waals surface area contributed by atoms with E-state index in [-0.39, 0.29) is 5.25 Å². The minimum absolute atomic E-state index is 0.00615. The first-order valence-corrected chi connectivity index (χ1v) is 11.2. The number of methoxy groups -OCH3 is 1. The zero-order chi connectivity index (χ0) is 22.0. The Morgan fingerprint density at radius 2 is 1.84 bits per heavy atom. The van der Waals surface area contributed by atoms with Crippen LogP contribution in [0.15, 0.2) is 59.6 Å². The molecular formula is C23H25N5O2S. The summed E-state index contributed by atoms with van der Waals surface area (Å²) in [4.78, 5) is 13.2. The maximum Gasteiger partial charge on any atom is 0.231 e. The van der Waals surface area contributed by atoms with Crippen molar-refractivity contribution in [2.75, 3.05) is 17.7 Å². The number of benzene rings is 2. The maximum absolute atomic E-state index is 12.8. The Balaban J connectivity index is 1.75. The molecule has 2 heterocycles. The van der Waals surface area contributed by atoms with Crippen LogP contribution in [0.5, 0.6) is 5.75 Å². The molecule has 0 amide bonds. The number of rotatable bonds is 7. The number of aryl methyl sites for hydroxylation is 1.